The van der Waals surface area contributed by atoms with E-state index in [0.29, 0.717) is 35.3 Å². The molecule has 1 aromatic carbocycles. The number of sulfone groups is 1. The monoisotopic (exact) mass is 460 g/mol. The molecule has 7 nitrogen and oxygen atoms in total. The molecule has 1 aromatic rings. The third-order valence-corrected chi connectivity index (χ3v) is 7.78. The number of nitrogens with zero attached hydrogens (tertiary/aromatic N) is 3. The number of hydrogen-bond donors (Lipinski definition) is 1. The van der Waals surface area contributed by atoms with Gasteiger partial charge in [-0.05, 0) is 56.2 Å². The van der Waals surface area contributed by atoms with Crippen LogP contribution in [-0.4, -0.2) is 42.7 Å². The van der Waals surface area contributed by atoms with Crippen LogP contribution in [0, 0.1) is 5.92 Å². The summed E-state index contributed by atoms with van der Waals surface area (Å²) in [7, 11) is -3.16. The first-order chi connectivity index (χ1) is 14.7. The molecule has 1 aliphatic carbocycles. The molecule has 1 amide bonds. The van der Waals surface area contributed by atoms with Crippen LogP contribution >= 0.6 is 11.6 Å². The maximum atomic E-state index is 13.3. The van der Waals surface area contributed by atoms with Crippen molar-refractivity contribution in [3.63, 3.8) is 0 Å². The summed E-state index contributed by atoms with van der Waals surface area (Å²) in [5, 5.41) is 3.23. The summed E-state index contributed by atoms with van der Waals surface area (Å²) in [6, 6.07) is 5.27. The van der Waals surface area contributed by atoms with Crippen LogP contribution in [0.3, 0.4) is 0 Å². The Hall–Kier alpha value is -2.45. The van der Waals surface area contributed by atoms with E-state index >= 15 is 0 Å². The molecule has 0 saturated heterocycles. The molecule has 2 heterocycles. The minimum Gasteiger partial charge on any atom is -0.361 e. The van der Waals surface area contributed by atoms with Gasteiger partial charge in [0.15, 0.2) is 21.5 Å². The van der Waals surface area contributed by atoms with Gasteiger partial charge < -0.3 is 5.32 Å². The molecule has 0 bridgehead atoms. The van der Waals surface area contributed by atoms with Crippen molar-refractivity contribution in [3.05, 3.63) is 52.8 Å². The fraction of sp³-hybridized carbons (Fsp3) is 0.409. The number of carbonyl (C=O) groups is 1. The van der Waals surface area contributed by atoms with Crippen molar-refractivity contribution in [1.82, 2.24) is 10.2 Å². The van der Waals surface area contributed by atoms with Gasteiger partial charge in [-0.3, -0.25) is 9.69 Å². The van der Waals surface area contributed by atoms with Crippen LogP contribution in [-0.2, 0) is 27.6 Å². The summed E-state index contributed by atoms with van der Waals surface area (Å²) in [5.74, 6) is 0.962. The summed E-state index contributed by atoms with van der Waals surface area (Å²) in [5.41, 5.74) is 2.27. The highest BCUT2D eigenvalue weighted by Gasteiger charge is 2.41. The van der Waals surface area contributed by atoms with Crippen molar-refractivity contribution in [1.29, 1.82) is 0 Å². The van der Waals surface area contributed by atoms with E-state index in [9.17, 15) is 13.2 Å². The van der Waals surface area contributed by atoms with E-state index in [-0.39, 0.29) is 28.7 Å². The topological polar surface area (TPSA) is 91.2 Å². The lowest BCUT2D eigenvalue weighted by atomic mass is 10.1. The summed E-state index contributed by atoms with van der Waals surface area (Å²) < 4.78 is 24.1. The second-order valence-corrected chi connectivity index (χ2v) is 10.6. The van der Waals surface area contributed by atoms with E-state index in [0.717, 1.165) is 24.0 Å². The zero-order valence-electron chi connectivity index (χ0n) is 17.6. The molecule has 1 unspecified atom stereocenters. The van der Waals surface area contributed by atoms with E-state index in [1.165, 1.54) is 0 Å². The Bertz CT molecular complexity index is 1150. The lowest BCUT2D eigenvalue weighted by Crippen LogP contribution is -2.54. The van der Waals surface area contributed by atoms with Crippen molar-refractivity contribution in [2.24, 2.45) is 15.9 Å². The Morgan fingerprint density at radius 3 is 2.84 bits per heavy atom. The van der Waals surface area contributed by atoms with Crippen LogP contribution in [0.25, 0.3) is 0 Å². The van der Waals surface area contributed by atoms with Gasteiger partial charge >= 0.3 is 0 Å². The van der Waals surface area contributed by atoms with E-state index in [4.69, 9.17) is 11.6 Å². The molecule has 31 heavy (non-hydrogen) atoms. The molecule has 1 atom stereocenters. The smallest absolute Gasteiger partial charge is 0.295 e. The second kappa shape index (κ2) is 8.24. The quantitative estimate of drug-likeness (QED) is 0.683. The molecule has 3 aliphatic rings. The number of halogens is 1. The zero-order chi connectivity index (χ0) is 22.3. The lowest BCUT2D eigenvalue weighted by molar-refractivity contribution is -0.122. The molecular weight excluding hydrogens is 436 g/mol. The Balaban J connectivity index is 1.60. The Labute approximate surface area is 187 Å². The number of hydrogen-bond acceptors (Lipinski definition) is 6. The normalized spacial score (nSPS) is 23.6. The highest BCUT2D eigenvalue weighted by atomic mass is 35.5. The van der Waals surface area contributed by atoms with Gasteiger partial charge in [-0.2, -0.15) is 0 Å². The third-order valence-electron chi connectivity index (χ3n) is 5.88. The van der Waals surface area contributed by atoms with Crippen LogP contribution in [0.1, 0.15) is 37.8 Å². The first-order valence-electron chi connectivity index (χ1n) is 10.3. The summed E-state index contributed by atoms with van der Waals surface area (Å²) in [6.07, 6.45) is 4.45. The number of amides is 1. The van der Waals surface area contributed by atoms with E-state index < -0.39 is 9.84 Å². The Morgan fingerprint density at radius 2 is 2.19 bits per heavy atom. The summed E-state index contributed by atoms with van der Waals surface area (Å²) >= 11 is 5.94. The molecule has 1 N–H and O–H groups in total. The molecule has 0 radical (unpaired) electrons. The average molecular weight is 461 g/mol. The van der Waals surface area contributed by atoms with Crippen molar-refractivity contribution in [2.75, 3.05) is 5.75 Å². The molecule has 4 rings (SSSR count). The predicted octanol–water partition coefficient (Wildman–Crippen LogP) is 3.16. The highest BCUT2D eigenvalue weighted by Crippen LogP contribution is 2.37. The van der Waals surface area contributed by atoms with Crippen LogP contribution in [0.2, 0.25) is 0 Å². The maximum absolute atomic E-state index is 13.3. The maximum Gasteiger partial charge on any atom is 0.295 e. The van der Waals surface area contributed by atoms with Crippen molar-refractivity contribution in [3.8, 4) is 0 Å². The Kier molecular flexibility index (Phi) is 5.79. The lowest BCUT2D eigenvalue weighted by Gasteiger charge is -2.34. The SMILES string of the molecule is C=C(Cl)/N=C1\C(=C/C)N=C(NCc2ccc3c(c2)CCS3(=O)=O)C(=O)N1C(C)C1CC1. The fourth-order valence-electron chi connectivity index (χ4n) is 4.04. The summed E-state index contributed by atoms with van der Waals surface area (Å²) in [4.78, 5) is 24.2. The van der Waals surface area contributed by atoms with Gasteiger partial charge in [-0.1, -0.05) is 36.4 Å². The molecule has 1 saturated carbocycles. The van der Waals surface area contributed by atoms with Crippen LogP contribution in [0.5, 0.6) is 0 Å². The zero-order valence-corrected chi connectivity index (χ0v) is 19.1. The van der Waals surface area contributed by atoms with Crippen LogP contribution < -0.4 is 5.32 Å². The molecule has 2 aliphatic heterocycles. The van der Waals surface area contributed by atoms with Crippen molar-refractivity contribution in [2.45, 2.75) is 50.6 Å². The Morgan fingerprint density at radius 1 is 1.45 bits per heavy atom. The number of fused-ring (bicyclic) bond motifs is 1. The van der Waals surface area contributed by atoms with Crippen molar-refractivity contribution >= 4 is 39.0 Å². The van der Waals surface area contributed by atoms with Gasteiger partial charge in [0.2, 0.25) is 0 Å². The molecule has 1 fully saturated rings. The highest BCUT2D eigenvalue weighted by molar-refractivity contribution is 7.91. The number of aryl methyl sites for hydroxylation is 1. The predicted molar refractivity (Wildman–Crippen MR) is 122 cm³/mol. The second-order valence-electron chi connectivity index (χ2n) is 8.06. The number of benzene rings is 1. The van der Waals surface area contributed by atoms with Gasteiger partial charge in [0, 0.05) is 12.6 Å². The third kappa shape index (κ3) is 4.32. The molecule has 9 heteroatoms. The molecule has 0 aromatic heterocycles. The van der Waals surface area contributed by atoms with Crippen LogP contribution in [0.4, 0.5) is 0 Å². The minimum absolute atomic E-state index is 0.0327. The average Bonchev–Trinajstić information content (AvgIpc) is 3.52. The van der Waals surface area contributed by atoms with Gasteiger partial charge in [0.1, 0.15) is 10.9 Å². The summed E-state index contributed by atoms with van der Waals surface area (Å²) in [6.45, 7) is 7.84. The number of nitrogens with one attached hydrogen (secondary N) is 1. The first kappa shape index (κ1) is 21.8. The number of carbonyl (C=O) groups excluding carboxylic acids is 1. The first-order valence-corrected chi connectivity index (χ1v) is 12.3. The number of aliphatic imine (C=N–C) groups is 2. The standard InChI is InChI=1S/C22H25ClN4O3S/c1-4-18-21(25-14(3)23)27(13(2)16-6-7-16)22(28)20(26-18)24-12-15-5-8-19-17(11-15)9-10-31(19,29)30/h4-5,8,11,13,16H,3,6-7,9-10,12H2,1-2H3,(H,24,26)/b18-4+,25-21+. The van der Waals surface area contributed by atoms with E-state index in [1.54, 1.807) is 23.1 Å². The number of allylic oxidation sites excluding steroid dienone is 1. The van der Waals surface area contributed by atoms with Gasteiger partial charge in [0.05, 0.1) is 10.6 Å². The molecule has 164 valence electrons. The van der Waals surface area contributed by atoms with Crippen molar-refractivity contribution < 1.29 is 13.2 Å². The fourth-order valence-corrected chi connectivity index (χ4v) is 5.66. The molecular formula is C22H25ClN4O3S. The number of amidine groups is 2. The number of rotatable bonds is 5. The van der Waals surface area contributed by atoms with E-state index in [2.05, 4.69) is 21.9 Å². The van der Waals surface area contributed by atoms with Crippen LogP contribution in [0.15, 0.2) is 56.6 Å². The van der Waals surface area contributed by atoms with Gasteiger partial charge in [0.25, 0.3) is 5.91 Å². The minimum atomic E-state index is -3.16. The molecule has 0 spiro atoms. The van der Waals surface area contributed by atoms with Gasteiger partial charge in [-0.25, -0.2) is 18.4 Å². The largest absolute Gasteiger partial charge is 0.361 e. The van der Waals surface area contributed by atoms with Gasteiger partial charge in [-0.15, -0.1) is 0 Å². The van der Waals surface area contributed by atoms with E-state index in [1.807, 2.05) is 19.9 Å².